The molecular formula is C11H14Br2N2. The summed E-state index contributed by atoms with van der Waals surface area (Å²) in [6.07, 6.45) is 3.72. The molecule has 0 saturated carbocycles. The van der Waals surface area contributed by atoms with Crippen molar-refractivity contribution in [2.45, 2.75) is 25.3 Å². The quantitative estimate of drug-likeness (QED) is 0.770. The molecule has 0 aromatic heterocycles. The largest absolute Gasteiger partial charge is 0.398 e. The van der Waals surface area contributed by atoms with Crippen LogP contribution in [0.2, 0.25) is 0 Å². The van der Waals surface area contributed by atoms with E-state index in [1.807, 2.05) is 6.07 Å². The number of benzene rings is 1. The second-order valence-electron chi connectivity index (χ2n) is 3.89. The summed E-state index contributed by atoms with van der Waals surface area (Å²) in [6, 6.07) is 4.51. The van der Waals surface area contributed by atoms with E-state index in [0.717, 1.165) is 21.2 Å². The minimum absolute atomic E-state index is 0.410. The SMILES string of the molecule is Nc1c(Br)cc(Br)cc1[C@H]1CCCCN1. The van der Waals surface area contributed by atoms with E-state index in [4.69, 9.17) is 5.73 Å². The standard InChI is InChI=1S/C11H14Br2N2/c12-7-5-8(11(14)9(13)6-7)10-3-1-2-4-15-10/h5-6,10,15H,1-4,14H2/t10-/m1/s1. The van der Waals surface area contributed by atoms with Crippen molar-refractivity contribution < 1.29 is 0 Å². The van der Waals surface area contributed by atoms with E-state index in [9.17, 15) is 0 Å². The first-order valence-electron chi connectivity index (χ1n) is 5.16. The maximum Gasteiger partial charge on any atom is 0.0507 e. The molecular weight excluding hydrogens is 320 g/mol. The Balaban J connectivity index is 2.33. The van der Waals surface area contributed by atoms with Gasteiger partial charge in [0.15, 0.2) is 0 Å². The van der Waals surface area contributed by atoms with E-state index in [0.29, 0.717) is 6.04 Å². The molecule has 1 aliphatic rings. The lowest BCUT2D eigenvalue weighted by atomic mass is 9.96. The van der Waals surface area contributed by atoms with Crippen LogP contribution in [0.4, 0.5) is 5.69 Å². The number of halogens is 2. The maximum absolute atomic E-state index is 6.07. The number of nitrogens with one attached hydrogen (secondary N) is 1. The van der Waals surface area contributed by atoms with Gasteiger partial charge in [-0.1, -0.05) is 22.4 Å². The summed E-state index contributed by atoms with van der Waals surface area (Å²) in [7, 11) is 0. The number of piperidine rings is 1. The van der Waals surface area contributed by atoms with E-state index < -0.39 is 0 Å². The van der Waals surface area contributed by atoms with Gasteiger partial charge in [0, 0.05) is 15.0 Å². The van der Waals surface area contributed by atoms with E-state index in [-0.39, 0.29) is 0 Å². The van der Waals surface area contributed by atoms with Crippen LogP contribution in [0.1, 0.15) is 30.9 Å². The third-order valence-corrected chi connectivity index (χ3v) is 3.93. The summed E-state index contributed by atoms with van der Waals surface area (Å²) < 4.78 is 2.05. The Morgan fingerprint density at radius 3 is 2.73 bits per heavy atom. The van der Waals surface area contributed by atoms with Gasteiger partial charge in [0.1, 0.15) is 0 Å². The highest BCUT2D eigenvalue weighted by Crippen LogP contribution is 2.34. The average molecular weight is 334 g/mol. The topological polar surface area (TPSA) is 38.0 Å². The molecule has 0 radical (unpaired) electrons. The van der Waals surface area contributed by atoms with Gasteiger partial charge in [-0.3, -0.25) is 0 Å². The predicted octanol–water partition coefficient (Wildman–Crippen LogP) is 3.61. The monoisotopic (exact) mass is 332 g/mol. The molecule has 1 saturated heterocycles. The van der Waals surface area contributed by atoms with Crippen LogP contribution in [0.3, 0.4) is 0 Å². The zero-order valence-electron chi connectivity index (χ0n) is 8.39. The lowest BCUT2D eigenvalue weighted by Crippen LogP contribution is -2.27. The second kappa shape index (κ2) is 4.85. The highest BCUT2D eigenvalue weighted by Gasteiger charge is 2.18. The Kier molecular flexibility index (Phi) is 3.69. The Morgan fingerprint density at radius 2 is 2.07 bits per heavy atom. The molecule has 1 atom stereocenters. The molecule has 3 N–H and O–H groups in total. The summed E-state index contributed by atoms with van der Waals surface area (Å²) in [6.45, 7) is 1.09. The lowest BCUT2D eigenvalue weighted by Gasteiger charge is -2.25. The van der Waals surface area contributed by atoms with Crippen molar-refractivity contribution in [2.75, 3.05) is 12.3 Å². The molecule has 1 aromatic rings. The van der Waals surface area contributed by atoms with Crippen LogP contribution in [0.25, 0.3) is 0 Å². The van der Waals surface area contributed by atoms with Gasteiger partial charge in [-0.15, -0.1) is 0 Å². The average Bonchev–Trinajstić information content (AvgIpc) is 2.24. The molecule has 15 heavy (non-hydrogen) atoms. The molecule has 1 aliphatic heterocycles. The smallest absolute Gasteiger partial charge is 0.0507 e. The number of nitrogen functional groups attached to an aromatic ring is 1. The zero-order chi connectivity index (χ0) is 10.8. The van der Waals surface area contributed by atoms with Gasteiger partial charge in [0.05, 0.1) is 5.69 Å². The van der Waals surface area contributed by atoms with Crippen LogP contribution < -0.4 is 11.1 Å². The number of nitrogens with two attached hydrogens (primary N) is 1. The molecule has 0 unspecified atom stereocenters. The van der Waals surface area contributed by atoms with Crippen molar-refractivity contribution in [1.82, 2.24) is 5.32 Å². The normalized spacial score (nSPS) is 21.6. The molecule has 4 heteroatoms. The van der Waals surface area contributed by atoms with E-state index >= 15 is 0 Å². The molecule has 2 nitrogen and oxygen atoms in total. The Morgan fingerprint density at radius 1 is 1.27 bits per heavy atom. The Hall–Kier alpha value is -0.0600. The molecule has 0 bridgehead atoms. The fourth-order valence-corrected chi connectivity index (χ4v) is 3.27. The van der Waals surface area contributed by atoms with Gasteiger partial charge < -0.3 is 11.1 Å². The second-order valence-corrected chi connectivity index (χ2v) is 5.66. The van der Waals surface area contributed by atoms with E-state index in [2.05, 4.69) is 43.2 Å². The van der Waals surface area contributed by atoms with Crippen molar-refractivity contribution in [3.05, 3.63) is 26.6 Å². The van der Waals surface area contributed by atoms with Crippen LogP contribution in [0, 0.1) is 0 Å². The van der Waals surface area contributed by atoms with E-state index in [1.165, 1.54) is 24.8 Å². The van der Waals surface area contributed by atoms with Crippen molar-refractivity contribution in [2.24, 2.45) is 0 Å². The fourth-order valence-electron chi connectivity index (χ4n) is 2.01. The van der Waals surface area contributed by atoms with Crippen molar-refractivity contribution in [3.8, 4) is 0 Å². The Bertz CT molecular complexity index is 360. The first-order valence-corrected chi connectivity index (χ1v) is 6.75. The van der Waals surface area contributed by atoms with Crippen molar-refractivity contribution in [3.63, 3.8) is 0 Å². The van der Waals surface area contributed by atoms with Crippen molar-refractivity contribution >= 4 is 37.5 Å². The molecule has 82 valence electrons. The predicted molar refractivity (Wildman–Crippen MR) is 70.8 cm³/mol. The van der Waals surface area contributed by atoms with Crippen LogP contribution in [0.15, 0.2) is 21.1 Å². The lowest BCUT2D eigenvalue weighted by molar-refractivity contribution is 0.413. The van der Waals surface area contributed by atoms with Crippen molar-refractivity contribution in [1.29, 1.82) is 0 Å². The van der Waals surface area contributed by atoms with Gasteiger partial charge in [-0.05, 0) is 53.0 Å². The summed E-state index contributed by atoms with van der Waals surface area (Å²) in [4.78, 5) is 0. The summed E-state index contributed by atoms with van der Waals surface area (Å²) in [5, 5.41) is 3.51. The number of hydrogen-bond acceptors (Lipinski definition) is 2. The summed E-state index contributed by atoms with van der Waals surface area (Å²) in [5.74, 6) is 0. The molecule has 0 spiro atoms. The third kappa shape index (κ3) is 2.55. The van der Waals surface area contributed by atoms with Gasteiger partial charge >= 0.3 is 0 Å². The molecule has 2 rings (SSSR count). The number of hydrogen-bond donors (Lipinski definition) is 2. The zero-order valence-corrected chi connectivity index (χ0v) is 11.6. The van der Waals surface area contributed by atoms with Gasteiger partial charge in [0.2, 0.25) is 0 Å². The fraction of sp³-hybridized carbons (Fsp3) is 0.455. The summed E-state index contributed by atoms with van der Waals surface area (Å²) >= 11 is 6.98. The van der Waals surface area contributed by atoms with Gasteiger partial charge in [-0.2, -0.15) is 0 Å². The van der Waals surface area contributed by atoms with Crippen LogP contribution in [0.5, 0.6) is 0 Å². The summed E-state index contributed by atoms with van der Waals surface area (Å²) in [5.41, 5.74) is 8.14. The number of anilines is 1. The minimum Gasteiger partial charge on any atom is -0.398 e. The maximum atomic E-state index is 6.07. The molecule has 1 aromatic carbocycles. The highest BCUT2D eigenvalue weighted by atomic mass is 79.9. The molecule has 1 fully saturated rings. The van der Waals surface area contributed by atoms with E-state index in [1.54, 1.807) is 0 Å². The highest BCUT2D eigenvalue weighted by molar-refractivity contribution is 9.11. The molecule has 0 aliphatic carbocycles. The molecule has 0 amide bonds. The first-order chi connectivity index (χ1) is 7.18. The van der Waals surface area contributed by atoms with Gasteiger partial charge in [-0.25, -0.2) is 0 Å². The Labute approximate surface area is 107 Å². The number of rotatable bonds is 1. The molecule has 1 heterocycles. The van der Waals surface area contributed by atoms with Crippen LogP contribution in [-0.2, 0) is 0 Å². The first kappa shape index (κ1) is 11.4. The minimum atomic E-state index is 0.410. The van der Waals surface area contributed by atoms with Crippen LogP contribution in [-0.4, -0.2) is 6.54 Å². The van der Waals surface area contributed by atoms with Crippen LogP contribution >= 0.6 is 31.9 Å². The third-order valence-electron chi connectivity index (χ3n) is 2.81. The van der Waals surface area contributed by atoms with Gasteiger partial charge in [0.25, 0.3) is 0 Å².